The summed E-state index contributed by atoms with van der Waals surface area (Å²) in [5.41, 5.74) is 2.80. The molecule has 148 valence electrons. The molecule has 0 aliphatic carbocycles. The van der Waals surface area contributed by atoms with Crippen LogP contribution in [0.1, 0.15) is 55.1 Å². The topological polar surface area (TPSA) is 38.8 Å². The van der Waals surface area contributed by atoms with Gasteiger partial charge >= 0.3 is 0 Å². The largest absolute Gasteiger partial charge is 0.485 e. The number of hydrogen-bond donors (Lipinski definition) is 0. The van der Waals surface area contributed by atoms with E-state index in [0.29, 0.717) is 6.61 Å². The third kappa shape index (κ3) is 4.01. The third-order valence-electron chi connectivity index (χ3n) is 5.72. The second kappa shape index (κ2) is 7.50. The van der Waals surface area contributed by atoms with Gasteiger partial charge in [0.05, 0.1) is 0 Å². The molecule has 2 aromatic rings. The van der Waals surface area contributed by atoms with Gasteiger partial charge in [0.2, 0.25) is 0 Å². The van der Waals surface area contributed by atoms with Crippen LogP contribution in [0.4, 0.5) is 0 Å². The summed E-state index contributed by atoms with van der Waals surface area (Å²) < 4.78 is 12.1. The van der Waals surface area contributed by atoms with Gasteiger partial charge in [-0.3, -0.25) is 4.79 Å². The normalized spacial score (nSPS) is 18.5. The Labute approximate surface area is 167 Å². The van der Waals surface area contributed by atoms with Gasteiger partial charge in [-0.25, -0.2) is 0 Å². The second-order valence-corrected chi connectivity index (χ2v) is 8.74. The quantitative estimate of drug-likeness (QED) is 0.762. The van der Waals surface area contributed by atoms with Gasteiger partial charge in [-0.1, -0.05) is 31.2 Å². The van der Waals surface area contributed by atoms with Gasteiger partial charge in [-0.05, 0) is 56.4 Å². The van der Waals surface area contributed by atoms with Gasteiger partial charge in [0.15, 0.2) is 11.5 Å². The number of fused-ring (bicyclic) bond motifs is 1. The lowest BCUT2D eigenvalue weighted by Crippen LogP contribution is -2.37. The smallest absolute Gasteiger partial charge is 0.253 e. The maximum absolute atomic E-state index is 12.7. The fourth-order valence-corrected chi connectivity index (χ4v) is 4.00. The Morgan fingerprint density at radius 1 is 1.14 bits per heavy atom. The second-order valence-electron chi connectivity index (χ2n) is 8.74. The molecule has 2 aliphatic heterocycles. The Morgan fingerprint density at radius 2 is 1.86 bits per heavy atom. The van der Waals surface area contributed by atoms with Crippen LogP contribution in [0, 0.1) is 5.92 Å². The third-order valence-corrected chi connectivity index (χ3v) is 5.72. The number of likely N-dealkylation sites (tertiary alicyclic amines) is 1. The van der Waals surface area contributed by atoms with Crippen molar-refractivity contribution in [1.29, 1.82) is 0 Å². The van der Waals surface area contributed by atoms with Crippen LogP contribution in [0.5, 0.6) is 11.5 Å². The molecule has 0 N–H and O–H groups in total. The number of rotatable bonds is 4. The summed E-state index contributed by atoms with van der Waals surface area (Å²) in [6.07, 6.45) is 3.08. The van der Waals surface area contributed by atoms with Crippen molar-refractivity contribution in [3.63, 3.8) is 0 Å². The Balaban J connectivity index is 1.38. The fraction of sp³-hybridized carbons (Fsp3) is 0.458. The Kier molecular flexibility index (Phi) is 5.05. The van der Waals surface area contributed by atoms with Crippen molar-refractivity contribution in [2.75, 3.05) is 13.1 Å². The minimum atomic E-state index is -0.184. The molecule has 0 spiro atoms. The molecule has 0 bridgehead atoms. The van der Waals surface area contributed by atoms with Crippen LogP contribution in [-0.4, -0.2) is 29.5 Å². The Bertz CT molecular complexity index is 849. The molecule has 0 unspecified atom stereocenters. The van der Waals surface area contributed by atoms with E-state index in [4.69, 9.17) is 9.47 Å². The molecule has 1 amide bonds. The number of nitrogens with zero attached hydrogens (tertiary/aromatic N) is 1. The molecule has 2 aromatic carbocycles. The minimum Gasteiger partial charge on any atom is -0.485 e. The highest BCUT2D eigenvalue weighted by atomic mass is 16.5. The van der Waals surface area contributed by atoms with Crippen LogP contribution in [-0.2, 0) is 13.0 Å². The van der Waals surface area contributed by atoms with Gasteiger partial charge in [0, 0.05) is 30.6 Å². The van der Waals surface area contributed by atoms with E-state index in [1.165, 1.54) is 5.56 Å². The van der Waals surface area contributed by atoms with E-state index in [2.05, 4.69) is 26.8 Å². The van der Waals surface area contributed by atoms with Gasteiger partial charge < -0.3 is 14.4 Å². The van der Waals surface area contributed by atoms with Crippen molar-refractivity contribution in [2.45, 2.75) is 52.2 Å². The highest BCUT2D eigenvalue weighted by molar-refractivity contribution is 5.94. The van der Waals surface area contributed by atoms with Crippen molar-refractivity contribution in [3.05, 3.63) is 59.2 Å². The van der Waals surface area contributed by atoms with E-state index in [-0.39, 0.29) is 11.5 Å². The van der Waals surface area contributed by atoms with Crippen molar-refractivity contribution < 1.29 is 14.3 Å². The Morgan fingerprint density at radius 3 is 2.57 bits per heavy atom. The first-order valence-corrected chi connectivity index (χ1v) is 10.2. The van der Waals surface area contributed by atoms with Crippen LogP contribution in [0.2, 0.25) is 0 Å². The molecule has 4 rings (SSSR count). The van der Waals surface area contributed by atoms with Crippen LogP contribution in [0.25, 0.3) is 0 Å². The number of amides is 1. The lowest BCUT2D eigenvalue weighted by Gasteiger charge is -2.30. The molecule has 1 saturated heterocycles. The first kappa shape index (κ1) is 18.9. The molecule has 0 radical (unpaired) electrons. The van der Waals surface area contributed by atoms with Gasteiger partial charge in [-0.2, -0.15) is 0 Å². The molecule has 28 heavy (non-hydrogen) atoms. The van der Waals surface area contributed by atoms with E-state index in [9.17, 15) is 4.79 Å². The molecule has 4 nitrogen and oxygen atoms in total. The monoisotopic (exact) mass is 379 g/mol. The number of benzene rings is 2. The van der Waals surface area contributed by atoms with E-state index < -0.39 is 0 Å². The number of carbonyl (C=O) groups excluding carboxylic acids is 1. The predicted molar refractivity (Wildman–Crippen MR) is 110 cm³/mol. The first-order valence-electron chi connectivity index (χ1n) is 10.2. The standard InChI is InChI=1S/C24H29NO3/c1-17-11-13-25(14-12-17)23(26)19-9-7-18(8-10-19)16-27-21-6-4-5-20-15-24(2,3)28-22(20)21/h4-10,17H,11-16H2,1-3H3. The lowest BCUT2D eigenvalue weighted by molar-refractivity contribution is 0.0697. The zero-order valence-electron chi connectivity index (χ0n) is 17.0. The highest BCUT2D eigenvalue weighted by Crippen LogP contribution is 2.41. The van der Waals surface area contributed by atoms with E-state index in [0.717, 1.165) is 60.9 Å². The summed E-state index contributed by atoms with van der Waals surface area (Å²) in [6.45, 7) is 8.62. The zero-order valence-corrected chi connectivity index (χ0v) is 17.0. The molecule has 0 saturated carbocycles. The summed E-state index contributed by atoms with van der Waals surface area (Å²) in [6, 6.07) is 13.8. The molecule has 0 atom stereocenters. The van der Waals surface area contributed by atoms with Crippen LogP contribution in [0.15, 0.2) is 42.5 Å². The van der Waals surface area contributed by atoms with Crippen molar-refractivity contribution in [1.82, 2.24) is 4.90 Å². The lowest BCUT2D eigenvalue weighted by atomic mass is 9.98. The van der Waals surface area contributed by atoms with Gasteiger partial charge in [0.25, 0.3) is 5.91 Å². The summed E-state index contributed by atoms with van der Waals surface area (Å²) in [4.78, 5) is 14.6. The molecule has 2 heterocycles. The number of ether oxygens (including phenoxy) is 2. The maximum Gasteiger partial charge on any atom is 0.253 e. The predicted octanol–water partition coefficient (Wildman–Crippen LogP) is 4.85. The maximum atomic E-state index is 12.7. The highest BCUT2D eigenvalue weighted by Gasteiger charge is 2.32. The van der Waals surface area contributed by atoms with E-state index in [1.54, 1.807) is 0 Å². The molecular formula is C24H29NO3. The molecule has 4 heteroatoms. The van der Waals surface area contributed by atoms with Crippen molar-refractivity contribution >= 4 is 5.91 Å². The minimum absolute atomic E-state index is 0.135. The number of carbonyl (C=O) groups is 1. The number of hydrogen-bond acceptors (Lipinski definition) is 3. The van der Waals surface area contributed by atoms with Crippen molar-refractivity contribution in [3.8, 4) is 11.5 Å². The van der Waals surface area contributed by atoms with Crippen LogP contribution < -0.4 is 9.47 Å². The first-order chi connectivity index (χ1) is 13.4. The number of piperidine rings is 1. The SMILES string of the molecule is CC1CCN(C(=O)c2ccc(COc3cccc4c3OC(C)(C)C4)cc2)CC1. The zero-order chi connectivity index (χ0) is 19.7. The van der Waals surface area contributed by atoms with Gasteiger partial charge in [-0.15, -0.1) is 0 Å². The van der Waals surface area contributed by atoms with Crippen molar-refractivity contribution in [2.24, 2.45) is 5.92 Å². The molecule has 2 aliphatic rings. The van der Waals surface area contributed by atoms with E-state index in [1.807, 2.05) is 41.3 Å². The van der Waals surface area contributed by atoms with Gasteiger partial charge in [0.1, 0.15) is 12.2 Å². The summed E-state index contributed by atoms with van der Waals surface area (Å²) in [5.74, 6) is 2.50. The fourth-order valence-electron chi connectivity index (χ4n) is 4.00. The molecular weight excluding hydrogens is 350 g/mol. The summed E-state index contributed by atoms with van der Waals surface area (Å²) in [7, 11) is 0. The van der Waals surface area contributed by atoms with E-state index >= 15 is 0 Å². The van der Waals surface area contributed by atoms with Crippen LogP contribution >= 0.6 is 0 Å². The van der Waals surface area contributed by atoms with Crippen LogP contribution in [0.3, 0.4) is 0 Å². The average Bonchev–Trinajstić information content (AvgIpc) is 3.01. The summed E-state index contributed by atoms with van der Waals surface area (Å²) in [5, 5.41) is 0. The molecule has 1 fully saturated rings. The molecule has 0 aromatic heterocycles. The Hall–Kier alpha value is -2.49. The number of para-hydroxylation sites is 1. The average molecular weight is 380 g/mol. The summed E-state index contributed by atoms with van der Waals surface area (Å²) >= 11 is 0.